The van der Waals surface area contributed by atoms with Gasteiger partial charge in [-0.3, -0.25) is 0 Å². The summed E-state index contributed by atoms with van der Waals surface area (Å²) in [5.74, 6) is 11.4. The van der Waals surface area contributed by atoms with Crippen molar-refractivity contribution in [3.8, 4) is 23.7 Å². The maximum Gasteiger partial charge on any atom is 0.120 e. The van der Waals surface area contributed by atoms with E-state index in [1.54, 1.807) is 26.0 Å². The maximum absolute atomic E-state index is 9.60. The molecule has 2 N–H and O–H groups in total. The van der Waals surface area contributed by atoms with Gasteiger partial charge in [-0.15, -0.1) is 0 Å². The Kier molecular flexibility index (Phi) is 5.35. The van der Waals surface area contributed by atoms with Crippen LogP contribution in [0.4, 0.5) is 0 Å². The summed E-state index contributed by atoms with van der Waals surface area (Å²) < 4.78 is 0. The Morgan fingerprint density at radius 2 is 1.38 bits per heavy atom. The smallest absolute Gasteiger partial charge is 0.120 e. The molecule has 4 heteroatoms. The molecule has 0 bridgehead atoms. The van der Waals surface area contributed by atoms with Crippen LogP contribution in [0.5, 0.6) is 0 Å². The molecule has 0 saturated heterocycles. The third-order valence-corrected chi connectivity index (χ3v) is 2.66. The lowest BCUT2D eigenvalue weighted by atomic mass is 9.81. The quantitative estimate of drug-likeness (QED) is 0.549. The van der Waals surface area contributed by atoms with E-state index in [4.69, 9.17) is 15.7 Å². The van der Waals surface area contributed by atoms with Crippen molar-refractivity contribution in [3.05, 3.63) is 23.3 Å². The van der Waals surface area contributed by atoms with Gasteiger partial charge in [-0.1, -0.05) is 46.7 Å². The van der Waals surface area contributed by atoms with Crippen LogP contribution < -0.4 is 10.9 Å². The number of benzene rings is 1. The van der Waals surface area contributed by atoms with Crippen LogP contribution in [-0.2, 0) is 0 Å². The standard InChI is InChI=1S/C17H18B2O2/c1-16(2,11-20)7-5-12-9-15(19)13(10-14(12)18)6-8-17(3,4)21/h9-10,20-21H,11H2,1-4H3. The highest BCUT2D eigenvalue weighted by Gasteiger charge is 2.12. The van der Waals surface area contributed by atoms with Crippen molar-refractivity contribution >= 4 is 26.6 Å². The molecule has 0 aliphatic carbocycles. The molecule has 1 rings (SSSR count). The molecule has 1 aromatic rings. The van der Waals surface area contributed by atoms with Crippen molar-refractivity contribution in [2.75, 3.05) is 6.61 Å². The molecule has 0 spiro atoms. The van der Waals surface area contributed by atoms with Crippen LogP contribution in [-0.4, -0.2) is 38.1 Å². The number of hydrogen-bond donors (Lipinski definition) is 2. The molecule has 0 aliphatic heterocycles. The van der Waals surface area contributed by atoms with E-state index < -0.39 is 11.0 Å². The Hall–Kier alpha value is -1.61. The Morgan fingerprint density at radius 3 is 1.76 bits per heavy atom. The average Bonchev–Trinajstić information content (AvgIpc) is 2.36. The molecule has 0 fully saturated rings. The van der Waals surface area contributed by atoms with Crippen molar-refractivity contribution < 1.29 is 10.2 Å². The van der Waals surface area contributed by atoms with E-state index in [0.717, 1.165) is 0 Å². The Labute approximate surface area is 129 Å². The first kappa shape index (κ1) is 17.4. The van der Waals surface area contributed by atoms with Gasteiger partial charge in [-0.25, -0.2) is 0 Å². The summed E-state index contributed by atoms with van der Waals surface area (Å²) >= 11 is 0. The van der Waals surface area contributed by atoms with Crippen molar-refractivity contribution in [3.63, 3.8) is 0 Å². The lowest BCUT2D eigenvalue weighted by molar-refractivity contribution is 0.143. The minimum Gasteiger partial charge on any atom is -0.395 e. The van der Waals surface area contributed by atoms with E-state index in [1.165, 1.54) is 0 Å². The highest BCUT2D eigenvalue weighted by atomic mass is 16.3. The van der Waals surface area contributed by atoms with E-state index in [2.05, 4.69) is 23.7 Å². The number of aliphatic hydroxyl groups excluding tert-OH is 1. The van der Waals surface area contributed by atoms with Gasteiger partial charge in [0.25, 0.3) is 0 Å². The molecule has 21 heavy (non-hydrogen) atoms. The van der Waals surface area contributed by atoms with Crippen LogP contribution in [0.3, 0.4) is 0 Å². The van der Waals surface area contributed by atoms with Gasteiger partial charge < -0.3 is 10.2 Å². The summed E-state index contributed by atoms with van der Waals surface area (Å²) in [6.45, 7) is 6.82. The van der Waals surface area contributed by atoms with Gasteiger partial charge in [0, 0.05) is 16.5 Å². The molecule has 1 aromatic carbocycles. The first-order chi connectivity index (χ1) is 9.54. The van der Waals surface area contributed by atoms with Crippen LogP contribution in [0.1, 0.15) is 38.8 Å². The van der Waals surface area contributed by atoms with Gasteiger partial charge in [-0.2, -0.15) is 0 Å². The van der Waals surface area contributed by atoms with E-state index in [0.29, 0.717) is 22.1 Å². The van der Waals surface area contributed by atoms with E-state index in [1.807, 2.05) is 13.8 Å². The maximum atomic E-state index is 9.60. The molecule has 104 valence electrons. The summed E-state index contributed by atoms with van der Waals surface area (Å²) in [5.41, 5.74) is 0.479. The lowest BCUT2D eigenvalue weighted by Gasteiger charge is -2.12. The predicted octanol–water partition coefficient (Wildman–Crippen LogP) is -0.233. The largest absolute Gasteiger partial charge is 0.395 e. The normalized spacial score (nSPS) is 11.1. The van der Waals surface area contributed by atoms with Crippen LogP contribution in [0.15, 0.2) is 12.1 Å². The summed E-state index contributed by atoms with van der Waals surface area (Å²) in [5, 5.41) is 18.8. The lowest BCUT2D eigenvalue weighted by Crippen LogP contribution is -2.20. The van der Waals surface area contributed by atoms with E-state index >= 15 is 0 Å². The van der Waals surface area contributed by atoms with Crippen LogP contribution in [0.25, 0.3) is 0 Å². The second-order valence-electron chi connectivity index (χ2n) is 6.13. The minimum atomic E-state index is -1.09. The minimum absolute atomic E-state index is 0.0372. The Balaban J connectivity index is 3.19. The molecule has 0 amide bonds. The zero-order chi connectivity index (χ0) is 16.3. The van der Waals surface area contributed by atoms with Gasteiger partial charge >= 0.3 is 0 Å². The zero-order valence-electron chi connectivity index (χ0n) is 12.9. The van der Waals surface area contributed by atoms with Crippen molar-refractivity contribution in [2.24, 2.45) is 5.41 Å². The monoisotopic (exact) mass is 276 g/mol. The number of rotatable bonds is 1. The molecule has 0 saturated carbocycles. The SMILES string of the molecule is [B]c1cc(C#CC(C)(C)CO)c([B])cc1C#CC(C)(C)O. The van der Waals surface area contributed by atoms with Gasteiger partial charge in [0.2, 0.25) is 0 Å². The molecule has 4 radical (unpaired) electrons. The fraction of sp³-hybridized carbons (Fsp3) is 0.412. The molecular weight excluding hydrogens is 258 g/mol. The van der Waals surface area contributed by atoms with Gasteiger partial charge in [0.1, 0.15) is 21.3 Å². The topological polar surface area (TPSA) is 40.5 Å². The first-order valence-corrected chi connectivity index (χ1v) is 6.63. The molecule has 2 nitrogen and oxygen atoms in total. The zero-order valence-corrected chi connectivity index (χ0v) is 12.9. The van der Waals surface area contributed by atoms with Gasteiger partial charge in [0.05, 0.1) is 6.61 Å². The Bertz CT molecular complexity index is 648. The van der Waals surface area contributed by atoms with Crippen LogP contribution >= 0.6 is 0 Å². The average molecular weight is 276 g/mol. The van der Waals surface area contributed by atoms with Gasteiger partial charge in [-0.05, 0) is 27.7 Å². The summed E-state index contributed by atoms with van der Waals surface area (Å²) in [6, 6.07) is 3.30. The summed E-state index contributed by atoms with van der Waals surface area (Å²) in [6.07, 6.45) is 0. The number of aliphatic hydroxyl groups is 2. The third kappa shape index (κ3) is 5.72. The predicted molar refractivity (Wildman–Crippen MR) is 88.1 cm³/mol. The van der Waals surface area contributed by atoms with Crippen molar-refractivity contribution in [1.82, 2.24) is 0 Å². The molecule has 0 atom stereocenters. The fourth-order valence-electron chi connectivity index (χ4n) is 1.35. The summed E-state index contributed by atoms with van der Waals surface area (Å²) in [7, 11) is 11.9. The third-order valence-electron chi connectivity index (χ3n) is 2.66. The molecule has 0 aliphatic rings. The Morgan fingerprint density at radius 1 is 0.952 bits per heavy atom. The van der Waals surface area contributed by atoms with E-state index in [9.17, 15) is 10.2 Å². The molecule has 0 heterocycles. The highest BCUT2D eigenvalue weighted by Crippen LogP contribution is 2.11. The number of hydrogen-bond acceptors (Lipinski definition) is 2. The summed E-state index contributed by atoms with van der Waals surface area (Å²) in [4.78, 5) is 0. The first-order valence-electron chi connectivity index (χ1n) is 6.63. The second kappa shape index (κ2) is 6.44. The van der Waals surface area contributed by atoms with Crippen LogP contribution in [0.2, 0.25) is 0 Å². The van der Waals surface area contributed by atoms with Gasteiger partial charge in [0.15, 0.2) is 0 Å². The van der Waals surface area contributed by atoms with E-state index in [-0.39, 0.29) is 6.61 Å². The molecular formula is C17H18B2O2. The second-order valence-corrected chi connectivity index (χ2v) is 6.13. The highest BCUT2D eigenvalue weighted by molar-refractivity contribution is 6.38. The fourth-order valence-corrected chi connectivity index (χ4v) is 1.35. The van der Waals surface area contributed by atoms with Crippen molar-refractivity contribution in [1.29, 1.82) is 0 Å². The van der Waals surface area contributed by atoms with Crippen molar-refractivity contribution in [2.45, 2.75) is 33.3 Å². The molecule has 0 aromatic heterocycles. The van der Waals surface area contributed by atoms with Crippen LogP contribution in [0, 0.1) is 29.1 Å². The molecule has 0 unspecified atom stereocenters.